The van der Waals surface area contributed by atoms with Gasteiger partial charge in [0.25, 0.3) is 0 Å². The van der Waals surface area contributed by atoms with Gasteiger partial charge in [0, 0.05) is 24.7 Å². The molecule has 26 heteroatoms. The maximum absolute atomic E-state index is 14.0. The van der Waals surface area contributed by atoms with E-state index in [-0.39, 0.29) is 30.9 Å². The number of carbonyl (C=O) groups excluding carboxylic acids is 9. The van der Waals surface area contributed by atoms with Crippen molar-refractivity contribution in [1.29, 1.82) is 0 Å². The van der Waals surface area contributed by atoms with Crippen LogP contribution in [-0.4, -0.2) is 151 Å². The third kappa shape index (κ3) is 20.4. The largest absolute Gasteiger partial charge is 0.481 e. The quantitative estimate of drug-likeness (QED) is 0.0354. The Labute approximate surface area is 403 Å². The molecule has 26 nitrogen and oxygen atoms in total. The van der Waals surface area contributed by atoms with Gasteiger partial charge in [-0.25, -0.2) is 9.78 Å². The number of aliphatic hydroxyl groups excluding tert-OH is 1. The van der Waals surface area contributed by atoms with E-state index in [4.69, 9.17) is 11.5 Å². The molecule has 2 aromatic rings. The number of aromatic amines is 1. The van der Waals surface area contributed by atoms with Crippen molar-refractivity contribution < 1.29 is 68.1 Å². The Bertz CT molecular complexity index is 2140. The fourth-order valence-corrected chi connectivity index (χ4v) is 6.57. The molecular weight excluding hydrogens is 921 g/mol. The lowest BCUT2D eigenvalue weighted by Crippen LogP contribution is -2.61. The van der Waals surface area contributed by atoms with E-state index in [0.717, 1.165) is 5.56 Å². The van der Waals surface area contributed by atoms with Crippen LogP contribution in [0.15, 0.2) is 42.9 Å². The van der Waals surface area contributed by atoms with Gasteiger partial charge in [0.2, 0.25) is 53.2 Å². The van der Waals surface area contributed by atoms with Crippen LogP contribution >= 0.6 is 0 Å². The minimum Gasteiger partial charge on any atom is -0.481 e. The van der Waals surface area contributed by atoms with Crippen molar-refractivity contribution in [2.24, 2.45) is 23.3 Å². The summed E-state index contributed by atoms with van der Waals surface area (Å²) in [5.74, 6) is -12.3. The number of hydrogen-bond donors (Lipinski definition) is 14. The van der Waals surface area contributed by atoms with E-state index in [1.54, 1.807) is 58.0 Å². The predicted molar refractivity (Wildman–Crippen MR) is 247 cm³/mol. The summed E-state index contributed by atoms with van der Waals surface area (Å²) in [5.41, 5.74) is 12.5. The lowest BCUT2D eigenvalue weighted by molar-refractivity contribution is -0.143. The standard InChI is InChI=1S/C44H66N12O14/c1-21(2)14-29(52-38(63)27(45)15-25-10-8-7-9-11-25)41(66)55-32(19-57)43(68)53-30(16-26-18-47-20-48-26)42(67)51-28(12-13-34(59)60)39(64)54-31(17-33(46)58)40(65)50-23(5)36(61)49-24(6)37(62)56-35(22(3)4)44(69)70/h7-11,18,20-24,27-32,35,57H,12-17,19,45H2,1-6H3,(H2,46,58)(H,47,48)(H,49,61)(H,50,65)(H,51,67)(H,52,63)(H,53,68)(H,54,64)(H,55,66)(H,56,62)(H,59,60)(H,69,70)/t23-,24-,27-,28-,29-,30-,31-,32-,35-/m0/s1. The molecule has 0 fully saturated rings. The number of rotatable bonds is 30. The lowest BCUT2D eigenvalue weighted by atomic mass is 10.0. The number of aliphatic carboxylic acids is 2. The number of carbonyl (C=O) groups is 11. The predicted octanol–water partition coefficient (Wildman–Crippen LogP) is -4.04. The summed E-state index contributed by atoms with van der Waals surface area (Å²) in [7, 11) is 0. The summed E-state index contributed by atoms with van der Waals surface area (Å²) in [4.78, 5) is 149. The molecule has 0 unspecified atom stereocenters. The van der Waals surface area contributed by atoms with Crippen molar-refractivity contribution in [2.75, 3.05) is 6.61 Å². The van der Waals surface area contributed by atoms with E-state index in [1.165, 1.54) is 26.4 Å². The van der Waals surface area contributed by atoms with E-state index in [9.17, 15) is 68.1 Å². The van der Waals surface area contributed by atoms with E-state index in [1.807, 2.05) is 0 Å². The zero-order valence-electron chi connectivity index (χ0n) is 39.8. The van der Waals surface area contributed by atoms with Gasteiger partial charge in [0.15, 0.2) is 0 Å². The molecule has 0 saturated heterocycles. The number of H-pyrrole nitrogens is 1. The number of carboxylic acid groups (broad SMARTS) is 2. The first kappa shape index (κ1) is 58.6. The molecule has 0 aliphatic carbocycles. The molecule has 386 valence electrons. The number of carboxylic acids is 2. The molecule has 9 atom stereocenters. The average Bonchev–Trinajstić information content (AvgIpc) is 3.80. The molecule has 0 radical (unpaired) electrons. The lowest BCUT2D eigenvalue weighted by Gasteiger charge is -2.27. The van der Waals surface area contributed by atoms with Gasteiger partial charge in [-0.05, 0) is 50.5 Å². The molecule has 0 aliphatic rings. The zero-order valence-corrected chi connectivity index (χ0v) is 39.8. The first-order chi connectivity index (χ1) is 32.8. The molecular formula is C44H66N12O14. The molecule has 70 heavy (non-hydrogen) atoms. The maximum atomic E-state index is 14.0. The smallest absolute Gasteiger partial charge is 0.326 e. The van der Waals surface area contributed by atoms with E-state index < -0.39 is 151 Å². The SMILES string of the molecule is CC(C)C[C@H](NC(=O)[C@@H](N)Cc1ccccc1)C(=O)N[C@@H](CO)C(=O)N[C@@H](Cc1cnc[nH]1)C(=O)N[C@@H](CCC(=O)O)C(=O)N[C@@H](CC(N)=O)C(=O)N[C@@H](C)C(=O)N[C@@H](C)C(=O)N[C@H](C(=O)O)C(C)C. The third-order valence-electron chi connectivity index (χ3n) is 10.5. The van der Waals surface area contributed by atoms with Gasteiger partial charge in [-0.15, -0.1) is 0 Å². The Hall–Kier alpha value is -7.48. The molecule has 1 aromatic carbocycles. The fraction of sp³-hybridized carbons (Fsp3) is 0.545. The Morgan fingerprint density at radius 1 is 0.614 bits per heavy atom. The fourth-order valence-electron chi connectivity index (χ4n) is 6.57. The number of imidazole rings is 1. The van der Waals surface area contributed by atoms with Gasteiger partial charge in [-0.1, -0.05) is 58.0 Å². The Balaban J connectivity index is 2.28. The number of primary amides is 1. The number of nitrogens with two attached hydrogens (primary N) is 2. The summed E-state index contributed by atoms with van der Waals surface area (Å²) in [6.45, 7) is 8.15. The highest BCUT2D eigenvalue weighted by Gasteiger charge is 2.35. The van der Waals surface area contributed by atoms with Crippen LogP contribution in [-0.2, 0) is 65.6 Å². The monoisotopic (exact) mass is 986 g/mol. The summed E-state index contributed by atoms with van der Waals surface area (Å²) in [6.07, 6.45) is 0.309. The van der Waals surface area contributed by atoms with Crippen LogP contribution in [0.1, 0.15) is 78.5 Å². The second-order valence-electron chi connectivity index (χ2n) is 17.3. The molecule has 16 N–H and O–H groups in total. The molecule has 9 amide bonds. The number of aliphatic hydroxyl groups is 1. The number of hydrogen-bond acceptors (Lipinski definition) is 14. The highest BCUT2D eigenvalue weighted by atomic mass is 16.4. The van der Waals surface area contributed by atoms with Crippen molar-refractivity contribution in [3.8, 4) is 0 Å². The number of benzene rings is 1. The highest BCUT2D eigenvalue weighted by molar-refractivity contribution is 5.99. The second-order valence-corrected chi connectivity index (χ2v) is 17.3. The summed E-state index contributed by atoms with van der Waals surface area (Å²) in [5, 5.41) is 47.9. The Morgan fingerprint density at radius 3 is 1.64 bits per heavy atom. The molecule has 0 saturated carbocycles. The van der Waals surface area contributed by atoms with Crippen LogP contribution in [0.3, 0.4) is 0 Å². The number of nitrogens with zero attached hydrogens (tertiary/aromatic N) is 1. The molecule has 0 bridgehead atoms. The summed E-state index contributed by atoms with van der Waals surface area (Å²) < 4.78 is 0. The van der Waals surface area contributed by atoms with Crippen LogP contribution in [0.25, 0.3) is 0 Å². The molecule has 1 heterocycles. The second kappa shape index (κ2) is 28.8. The molecule has 1 aromatic heterocycles. The van der Waals surface area contributed by atoms with E-state index >= 15 is 0 Å². The summed E-state index contributed by atoms with van der Waals surface area (Å²) >= 11 is 0. The van der Waals surface area contributed by atoms with Crippen LogP contribution in [0.4, 0.5) is 0 Å². The Morgan fingerprint density at radius 2 is 1.11 bits per heavy atom. The number of amides is 9. The van der Waals surface area contributed by atoms with Crippen molar-refractivity contribution in [2.45, 2.75) is 134 Å². The van der Waals surface area contributed by atoms with E-state index in [2.05, 4.69) is 52.5 Å². The van der Waals surface area contributed by atoms with Crippen molar-refractivity contribution in [1.82, 2.24) is 52.5 Å². The van der Waals surface area contributed by atoms with Crippen LogP contribution in [0.5, 0.6) is 0 Å². The maximum Gasteiger partial charge on any atom is 0.326 e. The van der Waals surface area contributed by atoms with Crippen molar-refractivity contribution in [3.63, 3.8) is 0 Å². The van der Waals surface area contributed by atoms with Gasteiger partial charge in [0.1, 0.15) is 48.3 Å². The molecule has 0 aliphatic heterocycles. The minimum absolute atomic E-state index is 0.103. The number of nitrogens with one attached hydrogen (secondary N) is 9. The zero-order chi connectivity index (χ0) is 52.8. The third-order valence-corrected chi connectivity index (χ3v) is 10.5. The highest BCUT2D eigenvalue weighted by Crippen LogP contribution is 2.10. The van der Waals surface area contributed by atoms with Crippen LogP contribution in [0, 0.1) is 11.8 Å². The van der Waals surface area contributed by atoms with Gasteiger partial charge >= 0.3 is 11.9 Å². The Kier molecular flexibility index (Phi) is 24.1. The van der Waals surface area contributed by atoms with Crippen molar-refractivity contribution >= 4 is 65.1 Å². The minimum atomic E-state index is -1.81. The first-order valence-corrected chi connectivity index (χ1v) is 22.4. The van der Waals surface area contributed by atoms with E-state index in [0.29, 0.717) is 0 Å². The van der Waals surface area contributed by atoms with Crippen LogP contribution in [0.2, 0.25) is 0 Å². The topological polar surface area (TPSA) is 425 Å². The van der Waals surface area contributed by atoms with Gasteiger partial charge < -0.3 is 74.3 Å². The van der Waals surface area contributed by atoms with Gasteiger partial charge in [-0.2, -0.15) is 0 Å². The molecule has 0 spiro atoms. The molecule has 2 rings (SSSR count). The van der Waals surface area contributed by atoms with Gasteiger partial charge in [0.05, 0.1) is 25.4 Å². The number of aromatic nitrogens is 2. The van der Waals surface area contributed by atoms with Crippen LogP contribution < -0.4 is 54.0 Å². The van der Waals surface area contributed by atoms with Gasteiger partial charge in [-0.3, -0.25) is 47.9 Å². The first-order valence-electron chi connectivity index (χ1n) is 22.4. The van der Waals surface area contributed by atoms with Crippen molar-refractivity contribution in [3.05, 3.63) is 54.1 Å². The summed E-state index contributed by atoms with van der Waals surface area (Å²) in [6, 6.07) is -4.21. The average molecular weight is 987 g/mol. The normalized spacial score (nSPS) is 14.9.